The minimum absolute atomic E-state index is 0.0225. The second-order valence-electron chi connectivity index (χ2n) is 6.29. The lowest BCUT2D eigenvalue weighted by Gasteiger charge is -2.15. The predicted molar refractivity (Wildman–Crippen MR) is 113 cm³/mol. The molecule has 0 unspecified atom stereocenters. The van der Waals surface area contributed by atoms with E-state index in [-0.39, 0.29) is 4.90 Å². The Morgan fingerprint density at radius 1 is 1.03 bits per heavy atom. The lowest BCUT2D eigenvalue weighted by Crippen LogP contribution is -2.41. The molecule has 10 heteroatoms. The molecule has 0 saturated heterocycles. The summed E-state index contributed by atoms with van der Waals surface area (Å²) in [5, 5.41) is 7.94. The lowest BCUT2D eigenvalue weighted by atomic mass is 10.2. The van der Waals surface area contributed by atoms with E-state index in [4.69, 9.17) is 23.2 Å². The zero-order chi connectivity index (χ0) is 21.0. The molecule has 0 aliphatic rings. The van der Waals surface area contributed by atoms with Crippen LogP contribution in [0, 0.1) is 0 Å². The molecule has 1 aromatic heterocycles. The molecule has 1 atom stereocenters. The summed E-state index contributed by atoms with van der Waals surface area (Å²) in [5.41, 5.74) is 0.949. The molecule has 2 aromatic carbocycles. The zero-order valence-corrected chi connectivity index (χ0v) is 17.7. The quantitative estimate of drug-likeness (QED) is 0.573. The molecule has 152 valence electrons. The molecule has 29 heavy (non-hydrogen) atoms. The van der Waals surface area contributed by atoms with E-state index in [1.54, 1.807) is 29.1 Å². The molecule has 0 bridgehead atoms. The van der Waals surface area contributed by atoms with Crippen molar-refractivity contribution in [3.63, 3.8) is 0 Å². The molecule has 0 aliphatic heterocycles. The van der Waals surface area contributed by atoms with Crippen molar-refractivity contribution < 1.29 is 13.2 Å². The number of carbonyl (C=O) groups is 1. The summed E-state index contributed by atoms with van der Waals surface area (Å²) in [6, 6.07) is 13.6. The van der Waals surface area contributed by atoms with Gasteiger partial charge in [-0.15, -0.1) is 0 Å². The molecule has 0 aliphatic carbocycles. The molecule has 0 saturated carbocycles. The maximum atomic E-state index is 12.5. The van der Waals surface area contributed by atoms with Crippen molar-refractivity contribution in [3.8, 4) is 0 Å². The average molecular weight is 453 g/mol. The van der Waals surface area contributed by atoms with E-state index in [1.165, 1.54) is 31.2 Å². The number of benzene rings is 2. The number of hydrogen-bond donors (Lipinski definition) is 2. The summed E-state index contributed by atoms with van der Waals surface area (Å²) in [6.07, 6.45) is 1.55. The number of halogens is 2. The number of aromatic nitrogens is 2. The summed E-state index contributed by atoms with van der Waals surface area (Å²) in [4.78, 5) is 12.5. The Balaban J connectivity index is 1.66. The van der Waals surface area contributed by atoms with Gasteiger partial charge in [-0.05, 0) is 48.9 Å². The fraction of sp³-hybridized carbons (Fsp3) is 0.158. The van der Waals surface area contributed by atoms with Gasteiger partial charge in [0.15, 0.2) is 0 Å². The summed E-state index contributed by atoms with van der Waals surface area (Å²) in [7, 11) is -3.87. The van der Waals surface area contributed by atoms with Crippen molar-refractivity contribution in [2.24, 2.45) is 0 Å². The number of nitrogens with one attached hydrogen (secondary N) is 2. The SMILES string of the molecule is C[C@H](NS(=O)(=O)c1ccc(Cl)cc1)C(=O)Nc1ccnn1Cc1ccc(Cl)cc1. The van der Waals surface area contributed by atoms with Crippen LogP contribution < -0.4 is 10.0 Å². The molecule has 2 N–H and O–H groups in total. The van der Waals surface area contributed by atoms with Crippen LogP contribution in [0.1, 0.15) is 12.5 Å². The van der Waals surface area contributed by atoms with Crippen molar-refractivity contribution in [1.29, 1.82) is 0 Å². The van der Waals surface area contributed by atoms with Crippen LogP contribution in [0.4, 0.5) is 5.82 Å². The van der Waals surface area contributed by atoms with E-state index in [0.29, 0.717) is 22.4 Å². The van der Waals surface area contributed by atoms with Crippen LogP contribution in [-0.4, -0.2) is 30.1 Å². The van der Waals surface area contributed by atoms with Crippen molar-refractivity contribution in [2.45, 2.75) is 24.4 Å². The van der Waals surface area contributed by atoms with Gasteiger partial charge in [-0.3, -0.25) is 4.79 Å². The van der Waals surface area contributed by atoms with Gasteiger partial charge in [0.1, 0.15) is 5.82 Å². The fourth-order valence-electron chi connectivity index (χ4n) is 2.53. The van der Waals surface area contributed by atoms with E-state index < -0.39 is 22.0 Å². The first-order chi connectivity index (χ1) is 13.7. The molecule has 3 rings (SSSR count). The van der Waals surface area contributed by atoms with Gasteiger partial charge in [-0.1, -0.05) is 35.3 Å². The highest BCUT2D eigenvalue weighted by molar-refractivity contribution is 7.89. The second-order valence-corrected chi connectivity index (χ2v) is 8.87. The monoisotopic (exact) mass is 452 g/mol. The van der Waals surface area contributed by atoms with Gasteiger partial charge in [0.05, 0.1) is 23.7 Å². The van der Waals surface area contributed by atoms with Gasteiger partial charge in [0, 0.05) is 16.1 Å². The van der Waals surface area contributed by atoms with Crippen molar-refractivity contribution >= 4 is 45.0 Å². The first kappa shape index (κ1) is 21.3. The molecule has 7 nitrogen and oxygen atoms in total. The van der Waals surface area contributed by atoms with E-state index in [9.17, 15) is 13.2 Å². The van der Waals surface area contributed by atoms with Crippen molar-refractivity contribution in [3.05, 3.63) is 76.4 Å². The third-order valence-electron chi connectivity index (χ3n) is 4.06. The van der Waals surface area contributed by atoms with E-state index in [1.807, 2.05) is 12.1 Å². The second kappa shape index (κ2) is 8.96. The fourth-order valence-corrected chi connectivity index (χ4v) is 3.99. The van der Waals surface area contributed by atoms with Crippen molar-refractivity contribution in [1.82, 2.24) is 14.5 Å². The number of sulfonamides is 1. The van der Waals surface area contributed by atoms with E-state index in [2.05, 4.69) is 15.1 Å². The molecule has 0 radical (unpaired) electrons. The van der Waals surface area contributed by atoms with E-state index in [0.717, 1.165) is 5.56 Å². The zero-order valence-electron chi connectivity index (χ0n) is 15.3. The van der Waals surface area contributed by atoms with Gasteiger partial charge in [-0.25, -0.2) is 13.1 Å². The molecule has 0 fully saturated rings. The third-order valence-corrected chi connectivity index (χ3v) is 6.12. The number of anilines is 1. The minimum atomic E-state index is -3.87. The smallest absolute Gasteiger partial charge is 0.243 e. The Morgan fingerprint density at radius 3 is 2.24 bits per heavy atom. The Bertz CT molecular complexity index is 1100. The Labute approximate surface area is 178 Å². The number of nitrogens with zero attached hydrogens (tertiary/aromatic N) is 2. The molecule has 1 amide bonds. The largest absolute Gasteiger partial charge is 0.310 e. The average Bonchev–Trinajstić information content (AvgIpc) is 3.10. The highest BCUT2D eigenvalue weighted by atomic mass is 35.5. The maximum Gasteiger partial charge on any atom is 0.243 e. The number of rotatable bonds is 7. The number of hydrogen-bond acceptors (Lipinski definition) is 4. The van der Waals surface area contributed by atoms with Crippen LogP contribution in [0.3, 0.4) is 0 Å². The third kappa shape index (κ3) is 5.57. The molecular formula is C19H18Cl2N4O3S. The Hall–Kier alpha value is -2.39. The molecular weight excluding hydrogens is 435 g/mol. The van der Waals surface area contributed by atoms with Crippen LogP contribution in [0.25, 0.3) is 0 Å². The van der Waals surface area contributed by atoms with Crippen LogP contribution in [0.15, 0.2) is 65.7 Å². The van der Waals surface area contributed by atoms with Crippen LogP contribution in [-0.2, 0) is 21.4 Å². The Morgan fingerprint density at radius 2 is 1.62 bits per heavy atom. The topological polar surface area (TPSA) is 93.1 Å². The molecule has 3 aromatic rings. The summed E-state index contributed by atoms with van der Waals surface area (Å²) in [6.45, 7) is 1.88. The van der Waals surface area contributed by atoms with Gasteiger partial charge in [0.25, 0.3) is 0 Å². The standard InChI is InChI=1S/C19H18Cl2N4O3S/c1-13(24-29(27,28)17-8-6-16(21)7-9-17)19(26)23-18-10-11-22-25(18)12-14-2-4-15(20)5-3-14/h2-11,13,24H,12H2,1H3,(H,23,26)/t13-/m0/s1. The summed E-state index contributed by atoms with van der Waals surface area (Å²) < 4.78 is 28.8. The normalized spacial score (nSPS) is 12.5. The summed E-state index contributed by atoms with van der Waals surface area (Å²) in [5.74, 6) is -0.0668. The highest BCUT2D eigenvalue weighted by Crippen LogP contribution is 2.16. The first-order valence-corrected chi connectivity index (χ1v) is 10.8. The van der Waals surface area contributed by atoms with Gasteiger partial charge in [-0.2, -0.15) is 9.82 Å². The van der Waals surface area contributed by atoms with Gasteiger partial charge < -0.3 is 5.32 Å². The van der Waals surface area contributed by atoms with Gasteiger partial charge >= 0.3 is 0 Å². The number of carbonyl (C=O) groups excluding carboxylic acids is 1. The van der Waals surface area contributed by atoms with E-state index >= 15 is 0 Å². The van der Waals surface area contributed by atoms with Crippen LogP contribution in [0.5, 0.6) is 0 Å². The summed E-state index contributed by atoms with van der Waals surface area (Å²) >= 11 is 11.7. The van der Waals surface area contributed by atoms with Crippen LogP contribution in [0.2, 0.25) is 10.0 Å². The van der Waals surface area contributed by atoms with Gasteiger partial charge in [0.2, 0.25) is 15.9 Å². The maximum absolute atomic E-state index is 12.5. The highest BCUT2D eigenvalue weighted by Gasteiger charge is 2.22. The lowest BCUT2D eigenvalue weighted by molar-refractivity contribution is -0.117. The minimum Gasteiger partial charge on any atom is -0.310 e. The predicted octanol–water partition coefficient (Wildman–Crippen LogP) is 3.54. The number of amides is 1. The first-order valence-electron chi connectivity index (χ1n) is 8.59. The Kier molecular flexibility index (Phi) is 6.59. The van der Waals surface area contributed by atoms with Crippen molar-refractivity contribution in [2.75, 3.05) is 5.32 Å². The molecule has 1 heterocycles. The van der Waals surface area contributed by atoms with Crippen LogP contribution >= 0.6 is 23.2 Å². The molecule has 0 spiro atoms.